The number of methoxy groups -OCH3 is 1. The number of nitrogen functional groups attached to an aromatic ring is 1. The first-order chi connectivity index (χ1) is 10.0. The van der Waals surface area contributed by atoms with Gasteiger partial charge in [-0.3, -0.25) is 4.57 Å². The lowest BCUT2D eigenvalue weighted by molar-refractivity contribution is 0.387. The molecule has 3 rings (SSSR count). The third kappa shape index (κ3) is 2.23. The van der Waals surface area contributed by atoms with Crippen LogP contribution >= 0.6 is 15.9 Å². The van der Waals surface area contributed by atoms with Gasteiger partial charge < -0.3 is 10.5 Å². The second-order valence-electron chi connectivity index (χ2n) is 4.38. The zero-order chi connectivity index (χ0) is 15.1. The minimum Gasteiger partial charge on any atom is -0.494 e. The van der Waals surface area contributed by atoms with Gasteiger partial charge >= 0.3 is 0 Å². The minimum absolute atomic E-state index is 0.0659. The zero-order valence-corrected chi connectivity index (χ0v) is 12.5. The zero-order valence-electron chi connectivity index (χ0n) is 10.9. The first kappa shape index (κ1) is 13.8. The van der Waals surface area contributed by atoms with Gasteiger partial charge in [0.1, 0.15) is 5.82 Å². The summed E-state index contributed by atoms with van der Waals surface area (Å²) in [7, 11) is 1.37. The van der Waals surface area contributed by atoms with Gasteiger partial charge in [-0.15, -0.1) is 0 Å². The number of imidazole rings is 1. The van der Waals surface area contributed by atoms with Crippen LogP contribution < -0.4 is 10.5 Å². The first-order valence-electron chi connectivity index (χ1n) is 5.98. The fourth-order valence-electron chi connectivity index (χ4n) is 2.16. The number of nitrogens with two attached hydrogens (primary N) is 1. The van der Waals surface area contributed by atoms with Gasteiger partial charge in [0.2, 0.25) is 5.95 Å². The lowest BCUT2D eigenvalue weighted by Gasteiger charge is -2.10. The summed E-state index contributed by atoms with van der Waals surface area (Å²) >= 11 is 3.35. The summed E-state index contributed by atoms with van der Waals surface area (Å²) in [5.41, 5.74) is 7.25. The summed E-state index contributed by atoms with van der Waals surface area (Å²) in [5.74, 6) is -0.753. The predicted octanol–water partition coefficient (Wildman–Crippen LogP) is 3.66. The molecule has 0 saturated carbocycles. The van der Waals surface area contributed by atoms with Crippen molar-refractivity contribution in [1.82, 2.24) is 9.55 Å². The Morgan fingerprint density at radius 2 is 2.00 bits per heavy atom. The Balaban J connectivity index is 2.36. The van der Waals surface area contributed by atoms with E-state index < -0.39 is 11.6 Å². The average Bonchev–Trinajstić information content (AvgIpc) is 2.75. The summed E-state index contributed by atoms with van der Waals surface area (Å²) in [5, 5.41) is 0. The Morgan fingerprint density at radius 1 is 1.24 bits per heavy atom. The van der Waals surface area contributed by atoms with Crippen molar-refractivity contribution >= 4 is 32.9 Å². The number of ether oxygens (including phenoxy) is 1. The number of fused-ring (bicyclic) bond motifs is 1. The van der Waals surface area contributed by atoms with Gasteiger partial charge in [-0.2, -0.15) is 0 Å². The molecule has 3 aromatic rings. The number of aromatic nitrogens is 2. The largest absolute Gasteiger partial charge is 0.494 e. The van der Waals surface area contributed by atoms with Crippen molar-refractivity contribution in [3.05, 3.63) is 46.4 Å². The van der Waals surface area contributed by atoms with Crippen LogP contribution in [0.1, 0.15) is 0 Å². The molecule has 2 aromatic carbocycles. The number of hydrogen-bond acceptors (Lipinski definition) is 3. The molecule has 0 bridgehead atoms. The fraction of sp³-hybridized carbons (Fsp3) is 0.0714. The molecule has 7 heteroatoms. The Morgan fingerprint density at radius 3 is 2.71 bits per heavy atom. The Labute approximate surface area is 127 Å². The highest BCUT2D eigenvalue weighted by Gasteiger charge is 2.16. The van der Waals surface area contributed by atoms with E-state index in [9.17, 15) is 8.78 Å². The van der Waals surface area contributed by atoms with Gasteiger partial charge in [0.15, 0.2) is 11.6 Å². The molecule has 0 saturated heterocycles. The van der Waals surface area contributed by atoms with Crippen molar-refractivity contribution in [3.8, 4) is 11.4 Å². The van der Waals surface area contributed by atoms with E-state index in [1.807, 2.05) is 0 Å². The molecule has 0 radical (unpaired) electrons. The molecule has 21 heavy (non-hydrogen) atoms. The molecular formula is C14H10BrF2N3O. The maximum Gasteiger partial charge on any atom is 0.205 e. The van der Waals surface area contributed by atoms with Crippen molar-refractivity contribution in [2.75, 3.05) is 12.8 Å². The summed E-state index contributed by atoms with van der Waals surface area (Å²) < 4.78 is 34.4. The van der Waals surface area contributed by atoms with Gasteiger partial charge in [-0.05, 0) is 34.1 Å². The number of benzene rings is 2. The van der Waals surface area contributed by atoms with E-state index in [0.29, 0.717) is 21.2 Å². The van der Waals surface area contributed by atoms with E-state index in [2.05, 4.69) is 20.9 Å². The van der Waals surface area contributed by atoms with E-state index in [1.165, 1.54) is 35.9 Å². The van der Waals surface area contributed by atoms with Crippen LogP contribution in [0.3, 0.4) is 0 Å². The molecule has 0 amide bonds. The van der Waals surface area contributed by atoms with Crippen LogP contribution in [0.4, 0.5) is 14.7 Å². The topological polar surface area (TPSA) is 53.1 Å². The number of rotatable bonds is 2. The van der Waals surface area contributed by atoms with Gasteiger partial charge in [-0.1, -0.05) is 0 Å². The van der Waals surface area contributed by atoms with Gasteiger partial charge in [-0.25, -0.2) is 13.8 Å². The number of hydrogen-bond donors (Lipinski definition) is 1. The quantitative estimate of drug-likeness (QED) is 0.764. The van der Waals surface area contributed by atoms with Crippen LogP contribution in [0.5, 0.6) is 5.75 Å². The molecule has 1 heterocycles. The van der Waals surface area contributed by atoms with Crippen LogP contribution in [0.25, 0.3) is 16.7 Å². The first-order valence-corrected chi connectivity index (χ1v) is 6.77. The molecule has 108 valence electrons. The predicted molar refractivity (Wildman–Crippen MR) is 79.7 cm³/mol. The molecular weight excluding hydrogens is 344 g/mol. The second kappa shape index (κ2) is 5.00. The van der Waals surface area contributed by atoms with Crippen molar-refractivity contribution in [2.45, 2.75) is 0 Å². The van der Waals surface area contributed by atoms with Gasteiger partial charge in [0, 0.05) is 16.6 Å². The highest BCUT2D eigenvalue weighted by atomic mass is 79.9. The second-order valence-corrected chi connectivity index (χ2v) is 5.23. The van der Waals surface area contributed by atoms with Crippen molar-refractivity contribution in [1.29, 1.82) is 0 Å². The van der Waals surface area contributed by atoms with Crippen LogP contribution in [0, 0.1) is 11.6 Å². The standard InChI is InChI=1S/C14H10BrF2N3O/c1-21-13-6-12-10(5-9(13)17)19-14(18)20(12)11-4-7(16)2-3-8(11)15/h2-6H,1H3,(H2,18,19). The number of anilines is 1. The van der Waals surface area contributed by atoms with Crippen LogP contribution in [0.2, 0.25) is 0 Å². The monoisotopic (exact) mass is 353 g/mol. The van der Waals surface area contributed by atoms with E-state index in [4.69, 9.17) is 10.5 Å². The van der Waals surface area contributed by atoms with E-state index in [-0.39, 0.29) is 11.7 Å². The van der Waals surface area contributed by atoms with Crippen molar-refractivity contribution in [2.24, 2.45) is 0 Å². The highest BCUT2D eigenvalue weighted by molar-refractivity contribution is 9.10. The Bertz CT molecular complexity index is 848. The molecule has 1 aromatic heterocycles. The number of halogens is 3. The summed E-state index contributed by atoms with van der Waals surface area (Å²) in [6.07, 6.45) is 0. The normalized spacial score (nSPS) is 11.0. The van der Waals surface area contributed by atoms with Crippen molar-refractivity contribution in [3.63, 3.8) is 0 Å². The molecule has 2 N–H and O–H groups in total. The van der Waals surface area contributed by atoms with E-state index in [0.717, 1.165) is 0 Å². The molecule has 0 aliphatic heterocycles. The van der Waals surface area contributed by atoms with Crippen LogP contribution in [0.15, 0.2) is 34.8 Å². The Kier molecular flexibility index (Phi) is 3.29. The maximum absolute atomic E-state index is 13.7. The number of nitrogens with zero attached hydrogens (tertiary/aromatic N) is 2. The third-order valence-corrected chi connectivity index (χ3v) is 3.77. The molecule has 0 spiro atoms. The molecule has 0 atom stereocenters. The highest BCUT2D eigenvalue weighted by Crippen LogP contribution is 2.32. The molecule has 0 fully saturated rings. The summed E-state index contributed by atoms with van der Waals surface area (Å²) in [6, 6.07) is 6.91. The molecule has 0 aliphatic rings. The third-order valence-electron chi connectivity index (χ3n) is 3.10. The smallest absolute Gasteiger partial charge is 0.205 e. The Hall–Kier alpha value is -2.15. The van der Waals surface area contributed by atoms with E-state index >= 15 is 0 Å². The maximum atomic E-state index is 13.7. The van der Waals surface area contributed by atoms with Crippen molar-refractivity contribution < 1.29 is 13.5 Å². The summed E-state index contributed by atoms with van der Waals surface area (Å²) in [4.78, 5) is 4.10. The average molecular weight is 354 g/mol. The lowest BCUT2D eigenvalue weighted by Crippen LogP contribution is -2.02. The lowest BCUT2D eigenvalue weighted by atomic mass is 10.2. The SMILES string of the molecule is COc1cc2c(cc1F)nc(N)n2-c1cc(F)ccc1Br. The van der Waals surface area contributed by atoms with Crippen LogP contribution in [-0.4, -0.2) is 16.7 Å². The molecule has 0 unspecified atom stereocenters. The fourth-order valence-corrected chi connectivity index (χ4v) is 2.59. The van der Waals surface area contributed by atoms with E-state index in [1.54, 1.807) is 6.07 Å². The van der Waals surface area contributed by atoms with Gasteiger partial charge in [0.05, 0.1) is 23.8 Å². The van der Waals surface area contributed by atoms with Gasteiger partial charge in [0.25, 0.3) is 0 Å². The van der Waals surface area contributed by atoms with Crippen LogP contribution in [-0.2, 0) is 0 Å². The molecule has 4 nitrogen and oxygen atoms in total. The molecule has 0 aliphatic carbocycles. The summed E-state index contributed by atoms with van der Waals surface area (Å²) in [6.45, 7) is 0. The minimum atomic E-state index is -0.534.